The Kier molecular flexibility index (Phi) is 6.82. The number of benzene rings is 2. The SMILES string of the molecule is COC(=O)CN(Cc1ccccc1C)C(=O)/C=C/c1ccccc1[N+](=O)[O-]. The van der Waals surface area contributed by atoms with Gasteiger partial charge >= 0.3 is 5.97 Å². The molecule has 0 radical (unpaired) electrons. The molecule has 0 aliphatic carbocycles. The number of nitrogens with zero attached hydrogens (tertiary/aromatic N) is 2. The van der Waals surface area contributed by atoms with Gasteiger partial charge in [0.2, 0.25) is 5.91 Å². The molecule has 0 heterocycles. The van der Waals surface area contributed by atoms with Gasteiger partial charge in [0, 0.05) is 18.7 Å². The first-order chi connectivity index (χ1) is 12.9. The summed E-state index contributed by atoms with van der Waals surface area (Å²) in [5.41, 5.74) is 2.10. The van der Waals surface area contributed by atoms with E-state index in [9.17, 15) is 19.7 Å². The molecule has 7 nitrogen and oxygen atoms in total. The van der Waals surface area contributed by atoms with E-state index >= 15 is 0 Å². The Morgan fingerprint density at radius 1 is 1.15 bits per heavy atom. The zero-order chi connectivity index (χ0) is 19.8. The summed E-state index contributed by atoms with van der Waals surface area (Å²) in [5, 5.41) is 11.1. The zero-order valence-corrected chi connectivity index (χ0v) is 15.1. The summed E-state index contributed by atoms with van der Waals surface area (Å²) in [6, 6.07) is 13.7. The Labute approximate surface area is 157 Å². The molecule has 0 bridgehead atoms. The van der Waals surface area contributed by atoms with Gasteiger partial charge in [-0.1, -0.05) is 36.4 Å². The smallest absolute Gasteiger partial charge is 0.325 e. The number of amides is 1. The van der Waals surface area contributed by atoms with Gasteiger partial charge in [-0.2, -0.15) is 0 Å². The largest absolute Gasteiger partial charge is 0.468 e. The summed E-state index contributed by atoms with van der Waals surface area (Å²) in [6.45, 7) is 1.92. The number of esters is 1. The molecule has 0 atom stereocenters. The van der Waals surface area contributed by atoms with Gasteiger partial charge in [-0.3, -0.25) is 19.7 Å². The average Bonchev–Trinajstić information content (AvgIpc) is 2.67. The van der Waals surface area contributed by atoms with Crippen LogP contribution in [0.25, 0.3) is 6.08 Å². The first-order valence-corrected chi connectivity index (χ1v) is 8.24. The van der Waals surface area contributed by atoms with Crippen LogP contribution in [-0.4, -0.2) is 35.4 Å². The molecule has 2 aromatic rings. The fourth-order valence-electron chi connectivity index (χ4n) is 2.49. The van der Waals surface area contributed by atoms with Gasteiger partial charge in [0.15, 0.2) is 0 Å². The fourth-order valence-corrected chi connectivity index (χ4v) is 2.49. The first kappa shape index (κ1) is 19.8. The third kappa shape index (κ3) is 5.50. The summed E-state index contributed by atoms with van der Waals surface area (Å²) in [5.74, 6) is -0.988. The molecule has 0 aliphatic rings. The van der Waals surface area contributed by atoms with Crippen molar-refractivity contribution in [2.45, 2.75) is 13.5 Å². The minimum Gasteiger partial charge on any atom is -0.468 e. The van der Waals surface area contributed by atoms with E-state index < -0.39 is 16.8 Å². The number of ether oxygens (including phenoxy) is 1. The van der Waals surface area contributed by atoms with E-state index in [2.05, 4.69) is 4.74 Å². The fraction of sp³-hybridized carbons (Fsp3) is 0.200. The van der Waals surface area contributed by atoms with E-state index in [4.69, 9.17) is 0 Å². The lowest BCUT2D eigenvalue weighted by Crippen LogP contribution is -2.34. The van der Waals surface area contributed by atoms with E-state index in [1.54, 1.807) is 18.2 Å². The number of aryl methyl sites for hydroxylation is 1. The highest BCUT2D eigenvalue weighted by molar-refractivity contribution is 5.94. The van der Waals surface area contributed by atoms with E-state index in [-0.39, 0.29) is 18.8 Å². The number of nitro groups is 1. The topological polar surface area (TPSA) is 89.8 Å². The minimum absolute atomic E-state index is 0.0972. The second-order valence-corrected chi connectivity index (χ2v) is 5.85. The number of methoxy groups -OCH3 is 1. The summed E-state index contributed by atoms with van der Waals surface area (Å²) >= 11 is 0. The van der Waals surface area contributed by atoms with Crippen molar-refractivity contribution in [3.63, 3.8) is 0 Å². The van der Waals surface area contributed by atoms with Gasteiger partial charge in [-0.05, 0) is 30.2 Å². The first-order valence-electron chi connectivity index (χ1n) is 8.24. The molecule has 1 amide bonds. The summed E-state index contributed by atoms with van der Waals surface area (Å²) in [7, 11) is 1.25. The molecule has 0 fully saturated rings. The van der Waals surface area contributed by atoms with Gasteiger partial charge in [0.1, 0.15) is 6.54 Å². The van der Waals surface area contributed by atoms with Crippen molar-refractivity contribution < 1.29 is 19.2 Å². The average molecular weight is 368 g/mol. The standard InChI is InChI=1S/C20H20N2O5/c1-15-7-3-4-9-17(15)13-21(14-20(24)27-2)19(23)12-11-16-8-5-6-10-18(16)22(25)26/h3-12H,13-14H2,1-2H3/b12-11+. The lowest BCUT2D eigenvalue weighted by Gasteiger charge is -2.21. The van der Waals surface area contributed by atoms with Gasteiger partial charge in [0.05, 0.1) is 17.6 Å². The molecule has 0 aromatic heterocycles. The highest BCUT2D eigenvalue weighted by atomic mass is 16.6. The second-order valence-electron chi connectivity index (χ2n) is 5.85. The number of hydrogen-bond acceptors (Lipinski definition) is 5. The van der Waals surface area contributed by atoms with Crippen molar-refractivity contribution in [2.24, 2.45) is 0 Å². The van der Waals surface area contributed by atoms with Crippen LogP contribution in [-0.2, 0) is 20.9 Å². The van der Waals surface area contributed by atoms with Crippen LogP contribution in [0.2, 0.25) is 0 Å². The number of carbonyl (C=O) groups is 2. The van der Waals surface area contributed by atoms with E-state index in [0.29, 0.717) is 5.56 Å². The highest BCUT2D eigenvalue weighted by Crippen LogP contribution is 2.19. The third-order valence-electron chi connectivity index (χ3n) is 4.02. The van der Waals surface area contributed by atoms with Crippen molar-refractivity contribution in [1.29, 1.82) is 0 Å². The predicted octanol–water partition coefficient (Wildman–Crippen LogP) is 3.12. The Hall–Kier alpha value is -3.48. The number of hydrogen-bond donors (Lipinski definition) is 0. The van der Waals surface area contributed by atoms with Crippen LogP contribution < -0.4 is 0 Å². The molecule has 0 aliphatic heterocycles. The van der Waals surface area contributed by atoms with Crippen molar-refractivity contribution in [3.8, 4) is 0 Å². The van der Waals surface area contributed by atoms with Crippen LogP contribution in [0, 0.1) is 17.0 Å². The maximum atomic E-state index is 12.6. The molecule has 0 unspecified atom stereocenters. The maximum absolute atomic E-state index is 12.6. The van der Waals surface area contributed by atoms with Gasteiger partial charge in [-0.15, -0.1) is 0 Å². The van der Waals surface area contributed by atoms with Crippen molar-refractivity contribution in [2.75, 3.05) is 13.7 Å². The van der Waals surface area contributed by atoms with Crippen LogP contribution in [0.15, 0.2) is 54.6 Å². The zero-order valence-electron chi connectivity index (χ0n) is 15.1. The van der Waals surface area contributed by atoms with Crippen LogP contribution in [0.5, 0.6) is 0 Å². The van der Waals surface area contributed by atoms with E-state index in [1.807, 2.05) is 31.2 Å². The summed E-state index contributed by atoms with van der Waals surface area (Å²) < 4.78 is 4.67. The lowest BCUT2D eigenvalue weighted by molar-refractivity contribution is -0.385. The number of nitro benzene ring substituents is 1. The van der Waals surface area contributed by atoms with Crippen molar-refractivity contribution in [3.05, 3.63) is 81.4 Å². The van der Waals surface area contributed by atoms with Crippen LogP contribution >= 0.6 is 0 Å². The molecule has 0 spiro atoms. The van der Waals surface area contributed by atoms with E-state index in [0.717, 1.165) is 11.1 Å². The summed E-state index contributed by atoms with van der Waals surface area (Å²) in [4.78, 5) is 36.2. The molecule has 0 saturated carbocycles. The van der Waals surface area contributed by atoms with Gasteiger partial charge in [0.25, 0.3) is 5.69 Å². The molecule has 2 aromatic carbocycles. The van der Waals surface area contributed by atoms with Gasteiger partial charge in [-0.25, -0.2) is 0 Å². The lowest BCUT2D eigenvalue weighted by atomic mass is 10.1. The Bertz CT molecular complexity index is 876. The maximum Gasteiger partial charge on any atom is 0.325 e. The number of para-hydroxylation sites is 1. The van der Waals surface area contributed by atoms with Crippen LogP contribution in [0.3, 0.4) is 0 Å². The molecular formula is C20H20N2O5. The summed E-state index contributed by atoms with van der Waals surface area (Å²) in [6.07, 6.45) is 2.60. The number of rotatable bonds is 7. The second kappa shape index (κ2) is 9.28. The minimum atomic E-state index is -0.545. The molecule has 2 rings (SSSR count). The molecule has 140 valence electrons. The molecule has 7 heteroatoms. The van der Waals surface area contributed by atoms with Crippen LogP contribution in [0.1, 0.15) is 16.7 Å². The Morgan fingerprint density at radius 3 is 2.48 bits per heavy atom. The molecular weight excluding hydrogens is 348 g/mol. The normalized spacial score (nSPS) is 10.6. The van der Waals surface area contributed by atoms with E-state index in [1.165, 1.54) is 30.2 Å². The predicted molar refractivity (Wildman–Crippen MR) is 101 cm³/mol. The number of carbonyl (C=O) groups excluding carboxylic acids is 2. The Balaban J connectivity index is 2.24. The third-order valence-corrected chi connectivity index (χ3v) is 4.02. The molecule has 0 N–H and O–H groups in total. The molecule has 27 heavy (non-hydrogen) atoms. The highest BCUT2D eigenvalue weighted by Gasteiger charge is 2.17. The van der Waals surface area contributed by atoms with Crippen molar-refractivity contribution in [1.82, 2.24) is 4.90 Å². The molecule has 0 saturated heterocycles. The van der Waals surface area contributed by atoms with Crippen LogP contribution in [0.4, 0.5) is 5.69 Å². The quantitative estimate of drug-likeness (QED) is 0.324. The monoisotopic (exact) mass is 368 g/mol. The van der Waals surface area contributed by atoms with Gasteiger partial charge < -0.3 is 9.64 Å². The van der Waals surface area contributed by atoms with Crippen molar-refractivity contribution >= 4 is 23.6 Å². The Morgan fingerprint density at radius 2 is 1.81 bits per heavy atom.